The van der Waals surface area contributed by atoms with Crippen molar-refractivity contribution in [3.8, 4) is 6.07 Å². The molecule has 0 spiro atoms. The van der Waals surface area contributed by atoms with Crippen LogP contribution in [0.1, 0.15) is 17.5 Å². The van der Waals surface area contributed by atoms with Gasteiger partial charge in [0.15, 0.2) is 0 Å². The van der Waals surface area contributed by atoms with E-state index in [9.17, 15) is 4.79 Å². The highest BCUT2D eigenvalue weighted by Crippen LogP contribution is 2.10. The molecule has 3 aromatic rings. The number of hydrogen-bond acceptors (Lipinski definition) is 3. The molecule has 0 aliphatic carbocycles. The highest BCUT2D eigenvalue weighted by atomic mass is 16.2. The fourth-order valence-electron chi connectivity index (χ4n) is 2.24. The average molecular weight is 290 g/mol. The maximum atomic E-state index is 12.0. The van der Waals surface area contributed by atoms with Gasteiger partial charge in [0.1, 0.15) is 6.33 Å². The summed E-state index contributed by atoms with van der Waals surface area (Å²) in [6, 6.07) is 17.0. The fraction of sp³-hybridized carbons (Fsp3) is 0.118. The molecule has 0 unspecified atom stereocenters. The van der Waals surface area contributed by atoms with Crippen LogP contribution < -0.4 is 5.43 Å². The van der Waals surface area contributed by atoms with Crippen LogP contribution in [0.3, 0.4) is 0 Å². The summed E-state index contributed by atoms with van der Waals surface area (Å²) >= 11 is 0. The second-order valence-corrected chi connectivity index (χ2v) is 4.95. The highest BCUT2D eigenvalue weighted by Gasteiger charge is 2.06. The molecule has 108 valence electrons. The van der Waals surface area contributed by atoms with Crippen molar-refractivity contribution in [3.05, 3.63) is 66.0 Å². The largest absolute Gasteiger partial charge is 0.273 e. The first-order valence-corrected chi connectivity index (χ1v) is 6.97. The SMILES string of the molecule is N#Cc1ccc(CCC(=O)Nn2cnc3ccccc32)cc1. The molecule has 5 nitrogen and oxygen atoms in total. The summed E-state index contributed by atoms with van der Waals surface area (Å²) < 4.78 is 1.64. The summed E-state index contributed by atoms with van der Waals surface area (Å²) in [5.74, 6) is -0.0764. The molecule has 0 radical (unpaired) electrons. The summed E-state index contributed by atoms with van der Waals surface area (Å²) in [6.45, 7) is 0. The van der Waals surface area contributed by atoms with Crippen molar-refractivity contribution in [2.75, 3.05) is 5.43 Å². The molecule has 1 N–H and O–H groups in total. The van der Waals surface area contributed by atoms with Gasteiger partial charge < -0.3 is 0 Å². The normalized spacial score (nSPS) is 10.3. The van der Waals surface area contributed by atoms with Gasteiger partial charge in [0, 0.05) is 6.42 Å². The van der Waals surface area contributed by atoms with Crippen LogP contribution in [-0.2, 0) is 11.2 Å². The van der Waals surface area contributed by atoms with Gasteiger partial charge in [-0.1, -0.05) is 24.3 Å². The van der Waals surface area contributed by atoms with Crippen LogP contribution in [0.15, 0.2) is 54.9 Å². The smallest absolute Gasteiger partial charge is 0.239 e. The molecule has 1 aromatic heterocycles. The topological polar surface area (TPSA) is 70.7 Å². The monoisotopic (exact) mass is 290 g/mol. The van der Waals surface area contributed by atoms with Gasteiger partial charge in [0.05, 0.1) is 22.7 Å². The van der Waals surface area contributed by atoms with Crippen molar-refractivity contribution in [1.29, 1.82) is 5.26 Å². The fourth-order valence-corrected chi connectivity index (χ4v) is 2.24. The Bertz CT molecular complexity index is 843. The second-order valence-electron chi connectivity index (χ2n) is 4.95. The number of nitrogens with one attached hydrogen (secondary N) is 1. The number of carbonyl (C=O) groups excluding carboxylic acids is 1. The number of aromatic nitrogens is 2. The zero-order chi connectivity index (χ0) is 15.4. The molecule has 0 atom stereocenters. The van der Waals surface area contributed by atoms with Crippen molar-refractivity contribution in [2.45, 2.75) is 12.8 Å². The molecule has 3 rings (SSSR count). The van der Waals surface area contributed by atoms with Crippen molar-refractivity contribution in [1.82, 2.24) is 9.66 Å². The molecule has 1 amide bonds. The van der Waals surface area contributed by atoms with Gasteiger partial charge in [0.2, 0.25) is 5.91 Å². The molecule has 0 aliphatic heterocycles. The summed E-state index contributed by atoms with van der Waals surface area (Å²) in [4.78, 5) is 16.3. The first-order valence-electron chi connectivity index (χ1n) is 6.97. The predicted molar refractivity (Wildman–Crippen MR) is 83.6 cm³/mol. The average Bonchev–Trinajstić information content (AvgIpc) is 2.97. The number of imidazole rings is 1. The number of carbonyl (C=O) groups is 1. The minimum absolute atomic E-state index is 0.0764. The van der Waals surface area contributed by atoms with E-state index < -0.39 is 0 Å². The number of hydrogen-bond donors (Lipinski definition) is 1. The number of para-hydroxylation sites is 2. The Hall–Kier alpha value is -3.13. The minimum Gasteiger partial charge on any atom is -0.273 e. The first-order chi connectivity index (χ1) is 10.8. The lowest BCUT2D eigenvalue weighted by Gasteiger charge is -2.07. The Morgan fingerprint density at radius 2 is 1.95 bits per heavy atom. The van der Waals surface area contributed by atoms with Crippen LogP contribution in [-0.4, -0.2) is 15.6 Å². The molecular formula is C17H14N4O. The lowest BCUT2D eigenvalue weighted by molar-refractivity contribution is -0.117. The third-order valence-electron chi connectivity index (χ3n) is 3.42. The van der Waals surface area contributed by atoms with E-state index in [0.29, 0.717) is 18.4 Å². The third kappa shape index (κ3) is 2.96. The van der Waals surface area contributed by atoms with E-state index >= 15 is 0 Å². The molecule has 2 aromatic carbocycles. The molecule has 0 saturated carbocycles. The van der Waals surface area contributed by atoms with Gasteiger partial charge in [-0.25, -0.2) is 9.66 Å². The van der Waals surface area contributed by atoms with Crippen molar-refractivity contribution in [2.24, 2.45) is 0 Å². The standard InChI is InChI=1S/C17H14N4O/c18-11-14-7-5-13(6-8-14)9-10-17(22)20-21-12-19-15-3-1-2-4-16(15)21/h1-8,12H,9-10H2,(H,20,22). The maximum Gasteiger partial charge on any atom is 0.239 e. The number of nitrogens with zero attached hydrogens (tertiary/aromatic N) is 3. The first kappa shape index (κ1) is 13.8. The van der Waals surface area contributed by atoms with Gasteiger partial charge >= 0.3 is 0 Å². The summed E-state index contributed by atoms with van der Waals surface area (Å²) in [5.41, 5.74) is 6.19. The lowest BCUT2D eigenvalue weighted by atomic mass is 10.1. The van der Waals surface area contributed by atoms with Crippen LogP contribution in [0.4, 0.5) is 0 Å². The molecule has 1 heterocycles. The van der Waals surface area contributed by atoms with E-state index in [1.165, 1.54) is 0 Å². The van der Waals surface area contributed by atoms with Crippen LogP contribution >= 0.6 is 0 Å². The molecule has 5 heteroatoms. The number of aryl methyl sites for hydroxylation is 1. The third-order valence-corrected chi connectivity index (χ3v) is 3.42. The quantitative estimate of drug-likeness (QED) is 0.803. The van der Waals surface area contributed by atoms with Crippen molar-refractivity contribution >= 4 is 16.9 Å². The number of fused-ring (bicyclic) bond motifs is 1. The van der Waals surface area contributed by atoms with E-state index in [4.69, 9.17) is 5.26 Å². The van der Waals surface area contributed by atoms with Gasteiger partial charge in [-0.15, -0.1) is 0 Å². The van der Waals surface area contributed by atoms with E-state index in [1.807, 2.05) is 36.4 Å². The number of amides is 1. The van der Waals surface area contributed by atoms with Crippen LogP contribution in [0.2, 0.25) is 0 Å². The Balaban J connectivity index is 1.61. The second kappa shape index (κ2) is 6.10. The Morgan fingerprint density at radius 1 is 1.18 bits per heavy atom. The molecule has 22 heavy (non-hydrogen) atoms. The zero-order valence-electron chi connectivity index (χ0n) is 11.9. The van der Waals surface area contributed by atoms with Crippen molar-refractivity contribution in [3.63, 3.8) is 0 Å². The predicted octanol–water partition coefficient (Wildman–Crippen LogP) is 2.61. The number of rotatable bonds is 4. The molecule has 0 fully saturated rings. The van der Waals surface area contributed by atoms with E-state index in [0.717, 1.165) is 16.6 Å². The number of benzene rings is 2. The Morgan fingerprint density at radius 3 is 2.73 bits per heavy atom. The molecular weight excluding hydrogens is 276 g/mol. The number of nitriles is 1. The summed E-state index contributed by atoms with van der Waals surface area (Å²) in [7, 11) is 0. The minimum atomic E-state index is -0.0764. The highest BCUT2D eigenvalue weighted by molar-refractivity contribution is 5.86. The van der Waals surface area contributed by atoms with E-state index in [1.54, 1.807) is 23.1 Å². The van der Waals surface area contributed by atoms with Crippen molar-refractivity contribution < 1.29 is 4.79 Å². The Labute approximate surface area is 127 Å². The van der Waals surface area contributed by atoms with Crippen LogP contribution in [0, 0.1) is 11.3 Å². The van der Waals surface area contributed by atoms with Crippen LogP contribution in [0.5, 0.6) is 0 Å². The van der Waals surface area contributed by atoms with Gasteiger partial charge in [0.25, 0.3) is 0 Å². The molecule has 0 aliphatic rings. The van der Waals surface area contributed by atoms with E-state index in [-0.39, 0.29) is 5.91 Å². The maximum absolute atomic E-state index is 12.0. The zero-order valence-corrected chi connectivity index (χ0v) is 11.9. The van der Waals surface area contributed by atoms with Gasteiger partial charge in [-0.05, 0) is 36.2 Å². The van der Waals surface area contributed by atoms with E-state index in [2.05, 4.69) is 16.5 Å². The van der Waals surface area contributed by atoms with Gasteiger partial charge in [-0.2, -0.15) is 5.26 Å². The lowest BCUT2D eigenvalue weighted by Crippen LogP contribution is -2.22. The molecule has 0 bridgehead atoms. The summed E-state index contributed by atoms with van der Waals surface area (Å²) in [6.07, 6.45) is 2.60. The van der Waals surface area contributed by atoms with Crippen LogP contribution in [0.25, 0.3) is 11.0 Å². The Kier molecular flexibility index (Phi) is 3.84. The molecule has 0 saturated heterocycles. The van der Waals surface area contributed by atoms with Gasteiger partial charge in [-0.3, -0.25) is 10.2 Å². The summed E-state index contributed by atoms with van der Waals surface area (Å²) in [5, 5.41) is 8.75.